The van der Waals surface area contributed by atoms with Crippen molar-refractivity contribution in [2.24, 2.45) is 5.92 Å². The third kappa shape index (κ3) is 3.21. The molecule has 2 fully saturated rings. The summed E-state index contributed by atoms with van der Waals surface area (Å²) in [5.74, 6) is 0.891. The molecule has 1 aliphatic heterocycles. The Morgan fingerprint density at radius 2 is 1.50 bits per heavy atom. The van der Waals surface area contributed by atoms with Gasteiger partial charge in [-0.25, -0.2) is 0 Å². The first kappa shape index (κ1) is 12.4. The molecule has 2 unspecified atom stereocenters. The van der Waals surface area contributed by atoms with Gasteiger partial charge in [0.2, 0.25) is 0 Å². The van der Waals surface area contributed by atoms with E-state index in [1.807, 2.05) is 0 Å². The summed E-state index contributed by atoms with van der Waals surface area (Å²) >= 11 is 0. The molecular weight excluding hydrogens is 198 g/mol. The lowest BCUT2D eigenvalue weighted by Gasteiger charge is -2.39. The molecule has 2 aliphatic rings. The Kier molecular flexibility index (Phi) is 4.66. The van der Waals surface area contributed by atoms with Crippen LogP contribution in [0.1, 0.15) is 58.3 Å². The zero-order valence-electron chi connectivity index (χ0n) is 10.7. The molecule has 0 spiro atoms. The van der Waals surface area contributed by atoms with Crippen molar-refractivity contribution in [2.75, 3.05) is 13.1 Å². The SMILES string of the molecule is CC1CCN(C2CCCCCCC2O)CC1. The molecule has 2 atom stereocenters. The van der Waals surface area contributed by atoms with Gasteiger partial charge in [-0.05, 0) is 44.7 Å². The predicted molar refractivity (Wildman–Crippen MR) is 67.5 cm³/mol. The van der Waals surface area contributed by atoms with Crippen molar-refractivity contribution in [3.63, 3.8) is 0 Å². The number of nitrogens with zero attached hydrogens (tertiary/aromatic N) is 1. The highest BCUT2D eigenvalue weighted by Gasteiger charge is 2.28. The Balaban J connectivity index is 1.89. The third-order valence-corrected chi connectivity index (χ3v) is 4.48. The van der Waals surface area contributed by atoms with Crippen LogP contribution in [0.3, 0.4) is 0 Å². The second-order valence-corrected chi connectivity index (χ2v) is 5.84. The minimum atomic E-state index is -0.0614. The van der Waals surface area contributed by atoms with E-state index < -0.39 is 0 Å². The predicted octanol–water partition coefficient (Wildman–Crippen LogP) is 2.80. The summed E-state index contributed by atoms with van der Waals surface area (Å²) < 4.78 is 0. The molecule has 0 amide bonds. The average Bonchev–Trinajstić information content (AvgIpc) is 2.26. The lowest BCUT2D eigenvalue weighted by atomic mass is 9.90. The molecule has 1 saturated carbocycles. The van der Waals surface area contributed by atoms with Crippen LogP contribution >= 0.6 is 0 Å². The normalized spacial score (nSPS) is 35.6. The monoisotopic (exact) mass is 225 g/mol. The number of piperidine rings is 1. The van der Waals surface area contributed by atoms with Crippen LogP contribution in [0, 0.1) is 5.92 Å². The molecule has 0 aromatic heterocycles. The zero-order chi connectivity index (χ0) is 11.4. The maximum Gasteiger partial charge on any atom is 0.0695 e. The Morgan fingerprint density at radius 1 is 0.875 bits per heavy atom. The molecule has 1 aliphatic carbocycles. The highest BCUT2D eigenvalue weighted by Crippen LogP contribution is 2.26. The minimum absolute atomic E-state index is 0.0614. The van der Waals surface area contributed by atoms with E-state index >= 15 is 0 Å². The van der Waals surface area contributed by atoms with Crippen LogP contribution in [0.25, 0.3) is 0 Å². The Bertz CT molecular complexity index is 199. The van der Waals surface area contributed by atoms with Crippen LogP contribution < -0.4 is 0 Å². The maximum atomic E-state index is 10.3. The fourth-order valence-electron chi connectivity index (χ4n) is 3.23. The molecule has 2 heteroatoms. The fourth-order valence-corrected chi connectivity index (χ4v) is 3.23. The molecule has 0 radical (unpaired) electrons. The van der Waals surface area contributed by atoms with E-state index in [0.29, 0.717) is 6.04 Å². The van der Waals surface area contributed by atoms with E-state index in [1.165, 1.54) is 58.0 Å². The molecule has 2 nitrogen and oxygen atoms in total. The van der Waals surface area contributed by atoms with E-state index in [9.17, 15) is 5.11 Å². The van der Waals surface area contributed by atoms with Crippen LogP contribution in [0.4, 0.5) is 0 Å². The van der Waals surface area contributed by atoms with Crippen molar-refractivity contribution in [2.45, 2.75) is 70.4 Å². The Morgan fingerprint density at radius 3 is 2.19 bits per heavy atom. The zero-order valence-corrected chi connectivity index (χ0v) is 10.7. The molecular formula is C14H27NO. The molecule has 1 N–H and O–H groups in total. The molecule has 16 heavy (non-hydrogen) atoms. The number of rotatable bonds is 1. The summed E-state index contributed by atoms with van der Waals surface area (Å²) in [5.41, 5.74) is 0. The summed E-state index contributed by atoms with van der Waals surface area (Å²) in [6, 6.07) is 0.466. The second-order valence-electron chi connectivity index (χ2n) is 5.84. The van der Waals surface area contributed by atoms with Gasteiger partial charge < -0.3 is 5.11 Å². The summed E-state index contributed by atoms with van der Waals surface area (Å²) in [4.78, 5) is 2.57. The average molecular weight is 225 g/mol. The van der Waals surface area contributed by atoms with Crippen LogP contribution in [-0.4, -0.2) is 35.2 Å². The quantitative estimate of drug-likeness (QED) is 0.742. The first-order valence-corrected chi connectivity index (χ1v) is 7.19. The first-order valence-electron chi connectivity index (χ1n) is 7.19. The lowest BCUT2D eigenvalue weighted by molar-refractivity contribution is 0.0155. The van der Waals surface area contributed by atoms with Gasteiger partial charge in [0.15, 0.2) is 0 Å². The molecule has 0 aromatic rings. The van der Waals surface area contributed by atoms with E-state index in [1.54, 1.807) is 0 Å². The lowest BCUT2D eigenvalue weighted by Crippen LogP contribution is -2.47. The van der Waals surface area contributed by atoms with Crippen molar-refractivity contribution < 1.29 is 5.11 Å². The van der Waals surface area contributed by atoms with Crippen molar-refractivity contribution in [3.8, 4) is 0 Å². The number of hydrogen-bond donors (Lipinski definition) is 1. The Labute approximate surface area is 100 Å². The highest BCUT2D eigenvalue weighted by atomic mass is 16.3. The van der Waals surface area contributed by atoms with Gasteiger partial charge in [0, 0.05) is 6.04 Å². The van der Waals surface area contributed by atoms with E-state index in [4.69, 9.17) is 0 Å². The van der Waals surface area contributed by atoms with Crippen molar-refractivity contribution in [3.05, 3.63) is 0 Å². The van der Waals surface area contributed by atoms with Gasteiger partial charge in [0.25, 0.3) is 0 Å². The van der Waals surface area contributed by atoms with Crippen molar-refractivity contribution >= 4 is 0 Å². The van der Waals surface area contributed by atoms with E-state index in [-0.39, 0.29) is 6.10 Å². The van der Waals surface area contributed by atoms with Gasteiger partial charge in [-0.15, -0.1) is 0 Å². The smallest absolute Gasteiger partial charge is 0.0695 e. The highest BCUT2D eigenvalue weighted by molar-refractivity contribution is 4.83. The van der Waals surface area contributed by atoms with E-state index in [2.05, 4.69) is 11.8 Å². The molecule has 2 rings (SSSR count). The minimum Gasteiger partial charge on any atom is -0.391 e. The Hall–Kier alpha value is -0.0800. The summed E-state index contributed by atoms with van der Waals surface area (Å²) in [6.07, 6.45) is 10.1. The first-order chi connectivity index (χ1) is 7.77. The fraction of sp³-hybridized carbons (Fsp3) is 1.00. The summed E-state index contributed by atoms with van der Waals surface area (Å²) in [5, 5.41) is 10.3. The number of likely N-dealkylation sites (tertiary alicyclic amines) is 1. The number of aliphatic hydroxyl groups is 1. The third-order valence-electron chi connectivity index (χ3n) is 4.48. The van der Waals surface area contributed by atoms with E-state index in [0.717, 1.165) is 12.3 Å². The van der Waals surface area contributed by atoms with Crippen molar-refractivity contribution in [1.82, 2.24) is 4.90 Å². The van der Waals surface area contributed by atoms with Crippen LogP contribution in [0.5, 0.6) is 0 Å². The van der Waals surface area contributed by atoms with Gasteiger partial charge in [-0.3, -0.25) is 4.90 Å². The summed E-state index contributed by atoms with van der Waals surface area (Å²) in [6.45, 7) is 4.78. The van der Waals surface area contributed by atoms with Gasteiger partial charge in [0.1, 0.15) is 0 Å². The van der Waals surface area contributed by atoms with Crippen LogP contribution in [0.15, 0.2) is 0 Å². The molecule has 1 saturated heterocycles. The van der Waals surface area contributed by atoms with Gasteiger partial charge in [-0.1, -0.05) is 32.6 Å². The molecule has 94 valence electrons. The standard InChI is InChI=1S/C14H27NO/c1-12-8-10-15(11-9-12)13-6-4-2-3-5-7-14(13)16/h12-14,16H,2-11H2,1H3. The van der Waals surface area contributed by atoms with Gasteiger partial charge in [-0.2, -0.15) is 0 Å². The largest absolute Gasteiger partial charge is 0.391 e. The van der Waals surface area contributed by atoms with Crippen LogP contribution in [-0.2, 0) is 0 Å². The topological polar surface area (TPSA) is 23.5 Å². The van der Waals surface area contributed by atoms with Crippen LogP contribution in [0.2, 0.25) is 0 Å². The van der Waals surface area contributed by atoms with Crippen molar-refractivity contribution in [1.29, 1.82) is 0 Å². The molecule has 0 aromatic carbocycles. The van der Waals surface area contributed by atoms with Gasteiger partial charge in [0.05, 0.1) is 6.10 Å². The number of hydrogen-bond acceptors (Lipinski definition) is 2. The summed E-state index contributed by atoms with van der Waals surface area (Å²) in [7, 11) is 0. The number of aliphatic hydroxyl groups excluding tert-OH is 1. The molecule has 1 heterocycles. The second kappa shape index (κ2) is 6.02. The maximum absolute atomic E-state index is 10.3. The molecule has 0 bridgehead atoms. The van der Waals surface area contributed by atoms with Gasteiger partial charge >= 0.3 is 0 Å².